The quantitative estimate of drug-likeness (QED) is 0.462. The van der Waals surface area contributed by atoms with Gasteiger partial charge in [-0.25, -0.2) is 4.79 Å². The first-order valence-electron chi connectivity index (χ1n) is 12.5. The molecule has 3 aliphatic rings. The molecule has 3 heterocycles. The molecule has 0 bridgehead atoms. The number of alkyl halides is 6. The highest BCUT2D eigenvalue weighted by Crippen LogP contribution is 2.42. The van der Waals surface area contributed by atoms with Gasteiger partial charge in [-0.1, -0.05) is 12.1 Å². The van der Waals surface area contributed by atoms with E-state index in [9.17, 15) is 31.1 Å². The second kappa shape index (κ2) is 10.3. The first kappa shape index (κ1) is 26.9. The second-order valence-electron chi connectivity index (χ2n) is 10.5. The summed E-state index contributed by atoms with van der Waals surface area (Å²) in [5.74, 6) is 0. The summed E-state index contributed by atoms with van der Waals surface area (Å²) in [6.07, 6.45) is -11.5. The third kappa shape index (κ3) is 6.20. The third-order valence-corrected chi connectivity index (χ3v) is 7.74. The molecule has 0 radical (unpaired) electrons. The van der Waals surface area contributed by atoms with Crippen LogP contribution in [0.25, 0.3) is 0 Å². The summed E-state index contributed by atoms with van der Waals surface area (Å²) in [5.41, 5.74) is 3.66. The maximum absolute atomic E-state index is 12.8. The van der Waals surface area contributed by atoms with Gasteiger partial charge in [-0.3, -0.25) is 4.90 Å². The Kier molecular flexibility index (Phi) is 7.69. The van der Waals surface area contributed by atoms with E-state index in [1.54, 1.807) is 0 Å². The molecule has 3 saturated heterocycles. The molecule has 0 N–H and O–H groups in total. The van der Waals surface area contributed by atoms with E-state index in [4.69, 9.17) is 0 Å². The third-order valence-electron chi connectivity index (χ3n) is 7.74. The monoisotopic (exact) mass is 521 g/mol. The molecule has 1 aromatic carbocycles. The number of aryl methyl sites for hydroxylation is 1. The Balaban J connectivity index is 1.34. The van der Waals surface area contributed by atoms with Crippen LogP contribution in [-0.2, 0) is 11.3 Å². The molecule has 0 saturated carbocycles. The molecule has 1 amide bonds. The zero-order valence-electron chi connectivity index (χ0n) is 20.4. The number of benzene rings is 1. The summed E-state index contributed by atoms with van der Waals surface area (Å²) >= 11 is 0. The summed E-state index contributed by atoms with van der Waals surface area (Å²) in [6.45, 7) is 6.80. The zero-order valence-corrected chi connectivity index (χ0v) is 20.4. The highest BCUT2D eigenvalue weighted by Gasteiger charge is 2.60. The Morgan fingerprint density at radius 3 is 2.17 bits per heavy atom. The smallest absolute Gasteiger partial charge is 0.426 e. The predicted molar refractivity (Wildman–Crippen MR) is 123 cm³/mol. The van der Waals surface area contributed by atoms with Crippen molar-refractivity contribution in [2.24, 2.45) is 5.41 Å². The van der Waals surface area contributed by atoms with Crippen molar-refractivity contribution < 1.29 is 35.9 Å². The van der Waals surface area contributed by atoms with E-state index < -0.39 is 24.5 Å². The van der Waals surface area contributed by atoms with Gasteiger partial charge in [0, 0.05) is 45.0 Å². The number of amides is 1. The standard InChI is InChI=1S/C25H33F6N3O2/c1-18-5-6-19(20(15-18)33-10-3-2-4-11-33)16-32-12-7-23(17-32)8-13-34(14-9-23)22(35)36-21(24(26,27)28)25(29,30)31/h5-6,15,21H,2-4,7-14,16-17H2,1H3. The number of hydrogen-bond donors (Lipinski definition) is 0. The van der Waals surface area contributed by atoms with Crippen LogP contribution in [0.3, 0.4) is 0 Å². The summed E-state index contributed by atoms with van der Waals surface area (Å²) < 4.78 is 80.4. The van der Waals surface area contributed by atoms with Gasteiger partial charge in [-0.15, -0.1) is 0 Å². The first-order valence-corrected chi connectivity index (χ1v) is 12.5. The minimum absolute atomic E-state index is 0.0820. The SMILES string of the molecule is Cc1ccc(CN2CCC3(CCN(C(=O)OC(C(F)(F)F)C(F)(F)F)CC3)C2)c(N2CCCCC2)c1. The minimum Gasteiger partial charge on any atom is -0.426 e. The van der Waals surface area contributed by atoms with Crippen LogP contribution in [0, 0.1) is 12.3 Å². The molecule has 5 nitrogen and oxygen atoms in total. The normalized spacial score (nSPS) is 21.4. The molecule has 1 spiro atoms. The van der Waals surface area contributed by atoms with E-state index in [-0.39, 0.29) is 18.5 Å². The number of likely N-dealkylation sites (tertiary alicyclic amines) is 2. The van der Waals surface area contributed by atoms with Crippen molar-refractivity contribution in [3.8, 4) is 0 Å². The van der Waals surface area contributed by atoms with Crippen LogP contribution in [0.2, 0.25) is 0 Å². The number of carbonyl (C=O) groups excluding carboxylic acids is 1. The first-order chi connectivity index (χ1) is 16.9. The Hall–Kier alpha value is -2.17. The summed E-state index contributed by atoms with van der Waals surface area (Å²) in [4.78, 5) is 17.9. The van der Waals surface area contributed by atoms with Crippen molar-refractivity contribution in [2.75, 3.05) is 44.2 Å². The zero-order chi connectivity index (χ0) is 26.1. The van der Waals surface area contributed by atoms with Gasteiger partial charge in [-0.2, -0.15) is 26.3 Å². The fourth-order valence-corrected chi connectivity index (χ4v) is 5.71. The number of hydrogen-bond acceptors (Lipinski definition) is 4. The highest BCUT2D eigenvalue weighted by atomic mass is 19.4. The van der Waals surface area contributed by atoms with Gasteiger partial charge < -0.3 is 14.5 Å². The average Bonchev–Trinajstić information content (AvgIpc) is 3.19. The molecule has 3 aliphatic heterocycles. The molecule has 11 heteroatoms. The van der Waals surface area contributed by atoms with Crippen molar-refractivity contribution in [2.45, 2.75) is 70.4 Å². The van der Waals surface area contributed by atoms with E-state index in [1.807, 2.05) is 0 Å². The molecule has 1 aromatic rings. The second-order valence-corrected chi connectivity index (χ2v) is 10.5. The Morgan fingerprint density at radius 1 is 0.944 bits per heavy atom. The largest absolute Gasteiger partial charge is 0.434 e. The molecule has 202 valence electrons. The fourth-order valence-electron chi connectivity index (χ4n) is 5.71. The lowest BCUT2D eigenvalue weighted by Gasteiger charge is -2.39. The van der Waals surface area contributed by atoms with Crippen molar-refractivity contribution in [3.63, 3.8) is 0 Å². The van der Waals surface area contributed by atoms with Gasteiger partial charge in [0.25, 0.3) is 6.10 Å². The number of rotatable bonds is 4. The van der Waals surface area contributed by atoms with Crippen LogP contribution in [0.4, 0.5) is 36.8 Å². The fraction of sp³-hybridized carbons (Fsp3) is 0.720. The van der Waals surface area contributed by atoms with Crippen molar-refractivity contribution in [3.05, 3.63) is 29.3 Å². The van der Waals surface area contributed by atoms with Gasteiger partial charge in [0.05, 0.1) is 0 Å². The maximum atomic E-state index is 12.8. The van der Waals surface area contributed by atoms with Crippen LogP contribution >= 0.6 is 0 Å². The van der Waals surface area contributed by atoms with E-state index in [0.717, 1.165) is 44.0 Å². The summed E-state index contributed by atoms with van der Waals surface area (Å²) in [7, 11) is 0. The molecule has 0 atom stereocenters. The van der Waals surface area contributed by atoms with Crippen LogP contribution in [0.5, 0.6) is 0 Å². The highest BCUT2D eigenvalue weighted by molar-refractivity contribution is 5.68. The lowest BCUT2D eigenvalue weighted by Crippen LogP contribution is -2.50. The summed E-state index contributed by atoms with van der Waals surface area (Å²) in [6, 6.07) is 6.54. The Morgan fingerprint density at radius 2 is 1.56 bits per heavy atom. The molecule has 0 unspecified atom stereocenters. The minimum atomic E-state index is -5.71. The van der Waals surface area contributed by atoms with E-state index in [0.29, 0.717) is 12.8 Å². The molecule has 0 aliphatic carbocycles. The predicted octanol–water partition coefficient (Wildman–Crippen LogP) is 5.90. The number of nitrogens with zero attached hydrogens (tertiary/aromatic N) is 3. The molecule has 0 aromatic heterocycles. The maximum Gasteiger partial charge on any atom is 0.434 e. The molecular formula is C25H33F6N3O2. The molecule has 36 heavy (non-hydrogen) atoms. The van der Waals surface area contributed by atoms with Gasteiger partial charge in [0.15, 0.2) is 0 Å². The van der Waals surface area contributed by atoms with Gasteiger partial charge in [-0.05, 0) is 74.6 Å². The van der Waals surface area contributed by atoms with Crippen LogP contribution in [0.1, 0.15) is 49.7 Å². The topological polar surface area (TPSA) is 36.0 Å². The van der Waals surface area contributed by atoms with Gasteiger partial charge in [0.2, 0.25) is 0 Å². The van der Waals surface area contributed by atoms with Gasteiger partial charge in [0.1, 0.15) is 0 Å². The van der Waals surface area contributed by atoms with Crippen molar-refractivity contribution in [1.29, 1.82) is 0 Å². The van der Waals surface area contributed by atoms with Crippen molar-refractivity contribution in [1.82, 2.24) is 9.80 Å². The molecule has 4 rings (SSSR count). The van der Waals surface area contributed by atoms with Crippen LogP contribution in [0.15, 0.2) is 18.2 Å². The molecular weight excluding hydrogens is 488 g/mol. The lowest BCUT2D eigenvalue weighted by molar-refractivity contribution is -0.308. The number of halogens is 6. The van der Waals surface area contributed by atoms with E-state index in [1.165, 1.54) is 36.1 Å². The summed E-state index contributed by atoms with van der Waals surface area (Å²) in [5, 5.41) is 0. The van der Waals surface area contributed by atoms with Crippen LogP contribution < -0.4 is 4.90 Å². The number of anilines is 1. The Bertz CT molecular complexity index is 907. The lowest BCUT2D eigenvalue weighted by atomic mass is 9.78. The Labute approximate surface area is 207 Å². The number of ether oxygens (including phenoxy) is 1. The number of carbonyl (C=O) groups is 1. The van der Waals surface area contributed by atoms with E-state index >= 15 is 0 Å². The molecule has 3 fully saturated rings. The number of piperidine rings is 2. The van der Waals surface area contributed by atoms with Crippen molar-refractivity contribution >= 4 is 11.8 Å². The van der Waals surface area contributed by atoms with Gasteiger partial charge >= 0.3 is 18.4 Å². The van der Waals surface area contributed by atoms with Crippen LogP contribution in [-0.4, -0.2) is 73.6 Å². The van der Waals surface area contributed by atoms with E-state index in [2.05, 4.69) is 39.7 Å². The average molecular weight is 522 g/mol.